The molecule has 0 bridgehead atoms. The van der Waals surface area contributed by atoms with Gasteiger partial charge >= 0.3 is 0 Å². The minimum absolute atomic E-state index is 0.217. The zero-order valence-electron chi connectivity index (χ0n) is 16.3. The third-order valence-electron chi connectivity index (χ3n) is 4.54. The van der Waals surface area contributed by atoms with Crippen molar-refractivity contribution in [2.45, 2.75) is 6.61 Å². The molecule has 0 fully saturated rings. The number of carbonyl (C=O) groups is 1. The fraction of sp³-hybridized carbons (Fsp3) is 0.0417. The van der Waals surface area contributed by atoms with Crippen LogP contribution in [-0.2, 0) is 6.61 Å². The maximum Gasteiger partial charge on any atom is 0.291 e. The molecular weight excluding hydrogens is 410 g/mol. The van der Waals surface area contributed by atoms with E-state index in [2.05, 4.69) is 15.3 Å². The smallest absolute Gasteiger partial charge is 0.291 e. The van der Waals surface area contributed by atoms with Crippen molar-refractivity contribution in [3.8, 4) is 16.5 Å². The van der Waals surface area contributed by atoms with Crippen molar-refractivity contribution < 1.29 is 13.9 Å². The second kappa shape index (κ2) is 8.41. The molecule has 0 unspecified atom stereocenters. The standard InChI is InChI=1S/C24H17N3O3S/c28-23(20-11-12-21(30-20)24-27-19-9-1-2-10-22(19)31-24)26-16-7-5-8-18(14-16)29-15-17-6-3-4-13-25-17/h1-14H,15H2,(H,26,28). The molecule has 2 aromatic carbocycles. The minimum atomic E-state index is -0.339. The van der Waals surface area contributed by atoms with Gasteiger partial charge in [0.05, 0.1) is 15.9 Å². The molecule has 3 aromatic heterocycles. The summed E-state index contributed by atoms with van der Waals surface area (Å²) >= 11 is 1.53. The molecule has 5 rings (SSSR count). The number of pyridine rings is 1. The Kier molecular flexibility index (Phi) is 5.16. The number of benzene rings is 2. The first-order chi connectivity index (χ1) is 15.2. The van der Waals surface area contributed by atoms with Crippen molar-refractivity contribution in [1.82, 2.24) is 9.97 Å². The summed E-state index contributed by atoms with van der Waals surface area (Å²) in [5.74, 6) is 1.08. The van der Waals surface area contributed by atoms with Crippen LogP contribution in [0, 0.1) is 0 Å². The monoisotopic (exact) mass is 427 g/mol. The second-order valence-electron chi connectivity index (χ2n) is 6.74. The van der Waals surface area contributed by atoms with Crippen molar-refractivity contribution >= 4 is 33.1 Å². The van der Waals surface area contributed by atoms with E-state index in [-0.39, 0.29) is 11.7 Å². The second-order valence-corrected chi connectivity index (χ2v) is 7.77. The average Bonchev–Trinajstić information content (AvgIpc) is 3.46. The van der Waals surface area contributed by atoms with Gasteiger partial charge in [0, 0.05) is 18.0 Å². The van der Waals surface area contributed by atoms with E-state index in [1.807, 2.05) is 54.6 Å². The molecule has 3 heterocycles. The molecule has 0 radical (unpaired) electrons. The lowest BCUT2D eigenvalue weighted by Crippen LogP contribution is -2.10. The average molecular weight is 427 g/mol. The molecule has 5 aromatic rings. The number of anilines is 1. The van der Waals surface area contributed by atoms with Crippen LogP contribution in [0.4, 0.5) is 5.69 Å². The number of carbonyl (C=O) groups excluding carboxylic acids is 1. The van der Waals surface area contributed by atoms with E-state index in [1.54, 1.807) is 30.5 Å². The van der Waals surface area contributed by atoms with Gasteiger partial charge in [0.15, 0.2) is 16.5 Å². The summed E-state index contributed by atoms with van der Waals surface area (Å²) < 4.78 is 12.6. The molecule has 0 saturated carbocycles. The zero-order chi connectivity index (χ0) is 21.0. The summed E-state index contributed by atoms with van der Waals surface area (Å²) in [4.78, 5) is 21.5. The lowest BCUT2D eigenvalue weighted by atomic mass is 10.3. The summed E-state index contributed by atoms with van der Waals surface area (Å²) in [7, 11) is 0. The topological polar surface area (TPSA) is 77.2 Å². The SMILES string of the molecule is O=C(Nc1cccc(OCc2ccccn2)c1)c1ccc(-c2nc3ccccc3s2)o1. The molecule has 0 aliphatic carbocycles. The van der Waals surface area contributed by atoms with Gasteiger partial charge in [-0.2, -0.15) is 0 Å². The third kappa shape index (κ3) is 4.31. The number of rotatable bonds is 6. The Morgan fingerprint density at radius 2 is 1.90 bits per heavy atom. The van der Waals surface area contributed by atoms with Crippen LogP contribution in [0.5, 0.6) is 5.75 Å². The van der Waals surface area contributed by atoms with Gasteiger partial charge < -0.3 is 14.5 Å². The molecule has 7 heteroatoms. The molecule has 1 N–H and O–H groups in total. The number of para-hydroxylation sites is 1. The molecule has 0 spiro atoms. The predicted octanol–water partition coefficient (Wildman–Crippen LogP) is 5.78. The van der Waals surface area contributed by atoms with E-state index in [1.165, 1.54) is 11.3 Å². The highest BCUT2D eigenvalue weighted by Gasteiger charge is 2.15. The maximum atomic E-state index is 12.6. The number of amides is 1. The van der Waals surface area contributed by atoms with Crippen molar-refractivity contribution in [2.24, 2.45) is 0 Å². The van der Waals surface area contributed by atoms with Gasteiger partial charge in [0.1, 0.15) is 12.4 Å². The van der Waals surface area contributed by atoms with Crippen LogP contribution in [0.2, 0.25) is 0 Å². The van der Waals surface area contributed by atoms with Crippen LogP contribution in [0.3, 0.4) is 0 Å². The molecular formula is C24H17N3O3S. The molecule has 31 heavy (non-hydrogen) atoms. The van der Waals surface area contributed by atoms with E-state index < -0.39 is 0 Å². The number of furan rings is 1. The zero-order valence-corrected chi connectivity index (χ0v) is 17.1. The van der Waals surface area contributed by atoms with Crippen molar-refractivity contribution in [3.63, 3.8) is 0 Å². The fourth-order valence-electron chi connectivity index (χ4n) is 3.05. The molecule has 152 valence electrons. The number of fused-ring (bicyclic) bond motifs is 1. The van der Waals surface area contributed by atoms with Crippen LogP contribution in [0.25, 0.3) is 21.0 Å². The number of nitrogens with one attached hydrogen (secondary N) is 1. The van der Waals surface area contributed by atoms with Gasteiger partial charge in [-0.15, -0.1) is 11.3 Å². The number of thiazole rings is 1. The van der Waals surface area contributed by atoms with Gasteiger partial charge in [0.2, 0.25) is 0 Å². The molecule has 0 atom stereocenters. The number of aromatic nitrogens is 2. The summed E-state index contributed by atoms with van der Waals surface area (Å²) in [6.45, 7) is 0.349. The summed E-state index contributed by atoms with van der Waals surface area (Å²) in [5, 5.41) is 3.58. The van der Waals surface area contributed by atoms with Crippen LogP contribution in [-0.4, -0.2) is 15.9 Å². The van der Waals surface area contributed by atoms with E-state index in [0.29, 0.717) is 23.8 Å². The first-order valence-corrected chi connectivity index (χ1v) is 10.5. The Balaban J connectivity index is 1.27. The van der Waals surface area contributed by atoms with E-state index in [4.69, 9.17) is 9.15 Å². The highest BCUT2D eigenvalue weighted by atomic mass is 32.1. The van der Waals surface area contributed by atoms with Crippen molar-refractivity contribution in [3.05, 3.63) is 96.5 Å². The normalized spacial score (nSPS) is 10.8. The van der Waals surface area contributed by atoms with Gasteiger partial charge in [-0.1, -0.05) is 24.3 Å². The minimum Gasteiger partial charge on any atom is -0.487 e. The van der Waals surface area contributed by atoms with Crippen molar-refractivity contribution in [2.75, 3.05) is 5.32 Å². The highest BCUT2D eigenvalue weighted by Crippen LogP contribution is 2.31. The molecule has 1 amide bonds. The number of hydrogen-bond acceptors (Lipinski definition) is 6. The summed E-state index contributed by atoms with van der Waals surface area (Å²) in [5.41, 5.74) is 2.35. The Hall–Kier alpha value is -3.97. The molecule has 0 aliphatic rings. The molecule has 0 saturated heterocycles. The van der Waals surface area contributed by atoms with E-state index in [9.17, 15) is 4.79 Å². The number of ether oxygens (including phenoxy) is 1. The first kappa shape index (κ1) is 19.0. The van der Waals surface area contributed by atoms with Gasteiger partial charge in [-0.3, -0.25) is 9.78 Å². The Labute approximate surface area is 182 Å². The Morgan fingerprint density at radius 1 is 1.00 bits per heavy atom. The molecule has 0 aliphatic heterocycles. The summed E-state index contributed by atoms with van der Waals surface area (Å²) in [6, 6.07) is 24.2. The first-order valence-electron chi connectivity index (χ1n) is 9.64. The van der Waals surface area contributed by atoms with Crippen LogP contribution >= 0.6 is 11.3 Å². The highest BCUT2D eigenvalue weighted by molar-refractivity contribution is 7.21. The Bertz CT molecular complexity index is 1310. The molecule has 6 nitrogen and oxygen atoms in total. The third-order valence-corrected chi connectivity index (χ3v) is 5.59. The fourth-order valence-corrected chi connectivity index (χ4v) is 3.98. The van der Waals surface area contributed by atoms with Crippen LogP contribution in [0.15, 0.2) is 89.5 Å². The van der Waals surface area contributed by atoms with Crippen molar-refractivity contribution in [1.29, 1.82) is 0 Å². The van der Waals surface area contributed by atoms with Gasteiger partial charge in [-0.25, -0.2) is 4.98 Å². The quantitative estimate of drug-likeness (QED) is 0.371. The predicted molar refractivity (Wildman–Crippen MR) is 120 cm³/mol. The van der Waals surface area contributed by atoms with Gasteiger partial charge in [-0.05, 0) is 48.5 Å². The lowest BCUT2D eigenvalue weighted by Gasteiger charge is -2.08. The van der Waals surface area contributed by atoms with Gasteiger partial charge in [0.25, 0.3) is 5.91 Å². The van der Waals surface area contributed by atoms with Crippen LogP contribution in [0.1, 0.15) is 16.2 Å². The lowest BCUT2D eigenvalue weighted by molar-refractivity contribution is 0.0997. The number of nitrogens with zero attached hydrogens (tertiary/aromatic N) is 2. The van der Waals surface area contributed by atoms with Crippen LogP contribution < -0.4 is 10.1 Å². The maximum absolute atomic E-state index is 12.6. The number of hydrogen-bond donors (Lipinski definition) is 1. The largest absolute Gasteiger partial charge is 0.487 e. The Morgan fingerprint density at radius 3 is 2.77 bits per heavy atom. The van der Waals surface area contributed by atoms with E-state index in [0.717, 1.165) is 20.9 Å². The van der Waals surface area contributed by atoms with E-state index >= 15 is 0 Å². The summed E-state index contributed by atoms with van der Waals surface area (Å²) in [6.07, 6.45) is 1.72.